The predicted octanol–water partition coefficient (Wildman–Crippen LogP) is 3.14. The van der Waals surface area contributed by atoms with Crippen molar-refractivity contribution in [2.75, 3.05) is 11.3 Å². The fraction of sp³-hybridized carbons (Fsp3) is 0.364. The summed E-state index contributed by atoms with van der Waals surface area (Å²) in [7, 11) is -3.76. The molecule has 0 spiro atoms. The number of anilines is 1. The second-order valence-corrected chi connectivity index (χ2v) is 8.99. The van der Waals surface area contributed by atoms with Crippen molar-refractivity contribution in [2.24, 2.45) is 0 Å². The summed E-state index contributed by atoms with van der Waals surface area (Å²) in [5, 5.41) is 5.50. The van der Waals surface area contributed by atoms with Gasteiger partial charge >= 0.3 is 0 Å². The van der Waals surface area contributed by atoms with E-state index in [4.69, 9.17) is 0 Å². The lowest BCUT2D eigenvalue weighted by molar-refractivity contribution is -0.121. The molecule has 3 N–H and O–H groups in total. The Morgan fingerprint density at radius 1 is 1.00 bits per heavy atom. The van der Waals surface area contributed by atoms with E-state index in [2.05, 4.69) is 15.4 Å². The summed E-state index contributed by atoms with van der Waals surface area (Å²) in [6, 6.07) is 11.1. The van der Waals surface area contributed by atoms with Crippen LogP contribution < -0.4 is 15.4 Å². The Hall–Kier alpha value is -2.87. The third kappa shape index (κ3) is 6.59. The minimum Gasteiger partial charge on any atom is -0.354 e. The molecule has 0 heterocycles. The van der Waals surface area contributed by atoms with Gasteiger partial charge in [0.1, 0.15) is 0 Å². The van der Waals surface area contributed by atoms with Crippen molar-refractivity contribution >= 4 is 27.5 Å². The Labute approximate surface area is 178 Å². The molecule has 162 valence electrons. The standard InChI is InChI=1S/C22H29N3O4S/c1-5-17(4)24-21(26)12-13-23-22(27)18-7-10-20(11-8-18)30(28,29)25-19-9-6-15(2)16(3)14-19/h6-11,14,17,25H,5,12-13H2,1-4H3,(H,23,27)(H,24,26). The molecule has 0 saturated carbocycles. The maximum Gasteiger partial charge on any atom is 0.261 e. The van der Waals surface area contributed by atoms with Crippen LogP contribution in [0.3, 0.4) is 0 Å². The molecule has 0 bridgehead atoms. The second-order valence-electron chi connectivity index (χ2n) is 7.31. The number of carbonyl (C=O) groups excluding carboxylic acids is 2. The number of nitrogens with one attached hydrogen (secondary N) is 3. The van der Waals surface area contributed by atoms with Crippen molar-refractivity contribution in [3.63, 3.8) is 0 Å². The molecule has 2 rings (SSSR count). The smallest absolute Gasteiger partial charge is 0.261 e. The van der Waals surface area contributed by atoms with E-state index in [9.17, 15) is 18.0 Å². The lowest BCUT2D eigenvalue weighted by atomic mass is 10.1. The first-order valence-electron chi connectivity index (χ1n) is 9.90. The van der Waals surface area contributed by atoms with Crippen molar-refractivity contribution in [1.29, 1.82) is 0 Å². The SMILES string of the molecule is CCC(C)NC(=O)CCNC(=O)c1ccc(S(=O)(=O)Nc2ccc(C)c(C)c2)cc1. The number of amides is 2. The zero-order valence-corrected chi connectivity index (χ0v) is 18.6. The van der Waals surface area contributed by atoms with Gasteiger partial charge in [-0.25, -0.2) is 8.42 Å². The van der Waals surface area contributed by atoms with Crippen LogP contribution in [0.25, 0.3) is 0 Å². The third-order valence-electron chi connectivity index (χ3n) is 4.84. The summed E-state index contributed by atoms with van der Waals surface area (Å²) in [5.74, 6) is -0.485. The highest BCUT2D eigenvalue weighted by Gasteiger charge is 2.16. The van der Waals surface area contributed by atoms with Crippen LogP contribution in [0.2, 0.25) is 0 Å². The van der Waals surface area contributed by atoms with Gasteiger partial charge in [0.25, 0.3) is 15.9 Å². The van der Waals surface area contributed by atoms with Crippen LogP contribution in [-0.4, -0.2) is 32.8 Å². The van der Waals surface area contributed by atoms with E-state index >= 15 is 0 Å². The molecule has 0 radical (unpaired) electrons. The lowest BCUT2D eigenvalue weighted by Gasteiger charge is -2.12. The maximum absolute atomic E-state index is 12.6. The molecule has 7 nitrogen and oxygen atoms in total. The van der Waals surface area contributed by atoms with Crippen LogP contribution in [0.15, 0.2) is 47.4 Å². The van der Waals surface area contributed by atoms with Gasteiger partial charge in [-0.3, -0.25) is 14.3 Å². The van der Waals surface area contributed by atoms with E-state index in [0.717, 1.165) is 17.5 Å². The minimum absolute atomic E-state index is 0.0604. The second kappa shape index (κ2) is 10.2. The lowest BCUT2D eigenvalue weighted by Crippen LogP contribution is -2.35. The highest BCUT2D eigenvalue weighted by molar-refractivity contribution is 7.92. The Bertz CT molecular complexity index is 1000. The van der Waals surface area contributed by atoms with Crippen LogP contribution in [0.1, 0.15) is 48.2 Å². The summed E-state index contributed by atoms with van der Waals surface area (Å²) in [6.07, 6.45) is 1.02. The van der Waals surface area contributed by atoms with E-state index in [1.807, 2.05) is 33.8 Å². The number of benzene rings is 2. The van der Waals surface area contributed by atoms with Gasteiger partial charge < -0.3 is 10.6 Å². The van der Waals surface area contributed by atoms with E-state index in [-0.39, 0.29) is 35.7 Å². The number of sulfonamides is 1. The maximum atomic E-state index is 12.6. The number of hydrogen-bond acceptors (Lipinski definition) is 4. The van der Waals surface area contributed by atoms with Gasteiger partial charge in [0.05, 0.1) is 4.90 Å². The van der Waals surface area contributed by atoms with Gasteiger partial charge in [0.2, 0.25) is 5.91 Å². The molecule has 8 heteroatoms. The van der Waals surface area contributed by atoms with Crippen LogP contribution in [-0.2, 0) is 14.8 Å². The highest BCUT2D eigenvalue weighted by atomic mass is 32.2. The minimum atomic E-state index is -3.76. The summed E-state index contributed by atoms with van der Waals surface area (Å²) in [4.78, 5) is 24.0. The summed E-state index contributed by atoms with van der Waals surface area (Å²) in [5.41, 5.74) is 2.86. The summed E-state index contributed by atoms with van der Waals surface area (Å²) in [6.45, 7) is 7.97. The predicted molar refractivity (Wildman–Crippen MR) is 118 cm³/mol. The largest absolute Gasteiger partial charge is 0.354 e. The molecule has 0 aliphatic carbocycles. The Morgan fingerprint density at radius 2 is 1.67 bits per heavy atom. The van der Waals surface area contributed by atoms with E-state index in [1.54, 1.807) is 12.1 Å². The molecular weight excluding hydrogens is 402 g/mol. The van der Waals surface area contributed by atoms with Crippen molar-refractivity contribution in [3.8, 4) is 0 Å². The fourth-order valence-electron chi connectivity index (χ4n) is 2.65. The van der Waals surface area contributed by atoms with E-state index in [0.29, 0.717) is 11.3 Å². The molecule has 1 unspecified atom stereocenters. The molecule has 30 heavy (non-hydrogen) atoms. The van der Waals surface area contributed by atoms with Crippen LogP contribution in [0, 0.1) is 13.8 Å². The summed E-state index contributed by atoms with van der Waals surface area (Å²) >= 11 is 0. The van der Waals surface area contributed by atoms with Gasteiger partial charge in [-0.1, -0.05) is 13.0 Å². The molecule has 2 amide bonds. The van der Waals surface area contributed by atoms with Crippen LogP contribution >= 0.6 is 0 Å². The quantitative estimate of drug-likeness (QED) is 0.567. The van der Waals surface area contributed by atoms with Gasteiger partial charge in [-0.05, 0) is 74.7 Å². The topological polar surface area (TPSA) is 104 Å². The molecule has 0 aliphatic rings. The molecule has 0 saturated heterocycles. The number of carbonyl (C=O) groups is 2. The normalized spacial score (nSPS) is 12.1. The first-order valence-corrected chi connectivity index (χ1v) is 11.4. The van der Waals surface area contributed by atoms with Gasteiger partial charge in [-0.2, -0.15) is 0 Å². The molecular formula is C22H29N3O4S. The zero-order chi connectivity index (χ0) is 22.3. The molecule has 2 aromatic rings. The monoisotopic (exact) mass is 431 g/mol. The number of rotatable bonds is 9. The van der Waals surface area contributed by atoms with Crippen LogP contribution in [0.5, 0.6) is 0 Å². The summed E-state index contributed by atoms with van der Waals surface area (Å²) < 4.78 is 27.7. The van der Waals surface area contributed by atoms with E-state index < -0.39 is 10.0 Å². The average Bonchev–Trinajstić information content (AvgIpc) is 2.70. The number of aryl methyl sites for hydroxylation is 2. The first kappa shape index (κ1) is 23.4. The highest BCUT2D eigenvalue weighted by Crippen LogP contribution is 2.19. The molecule has 0 fully saturated rings. The molecule has 0 aliphatic heterocycles. The molecule has 2 aromatic carbocycles. The molecule has 0 aromatic heterocycles. The third-order valence-corrected chi connectivity index (χ3v) is 6.24. The number of hydrogen-bond donors (Lipinski definition) is 3. The average molecular weight is 432 g/mol. The Balaban J connectivity index is 1.95. The van der Waals surface area contributed by atoms with Crippen molar-refractivity contribution in [2.45, 2.75) is 51.5 Å². The Morgan fingerprint density at radius 3 is 2.27 bits per heavy atom. The van der Waals surface area contributed by atoms with Crippen molar-refractivity contribution < 1.29 is 18.0 Å². The zero-order valence-electron chi connectivity index (χ0n) is 17.8. The van der Waals surface area contributed by atoms with Crippen molar-refractivity contribution in [3.05, 3.63) is 59.2 Å². The van der Waals surface area contributed by atoms with Crippen molar-refractivity contribution in [1.82, 2.24) is 10.6 Å². The van der Waals surface area contributed by atoms with E-state index in [1.165, 1.54) is 24.3 Å². The first-order chi connectivity index (χ1) is 14.1. The van der Waals surface area contributed by atoms with Gasteiger partial charge in [0, 0.05) is 30.3 Å². The fourth-order valence-corrected chi connectivity index (χ4v) is 3.69. The van der Waals surface area contributed by atoms with Crippen LogP contribution in [0.4, 0.5) is 5.69 Å². The van der Waals surface area contributed by atoms with Gasteiger partial charge in [-0.15, -0.1) is 0 Å². The Kier molecular flexibility index (Phi) is 8.00. The van der Waals surface area contributed by atoms with Gasteiger partial charge in [0.15, 0.2) is 0 Å². The molecule has 1 atom stereocenters.